The van der Waals surface area contributed by atoms with Crippen LogP contribution in [0.25, 0.3) is 0 Å². The highest BCUT2D eigenvalue weighted by atomic mass is 16.5. The van der Waals surface area contributed by atoms with Crippen LogP contribution in [0.4, 0.5) is 0 Å². The van der Waals surface area contributed by atoms with Crippen molar-refractivity contribution < 1.29 is 4.74 Å². The molecule has 1 aliphatic heterocycles. The van der Waals surface area contributed by atoms with E-state index in [1.54, 1.807) is 0 Å². The Morgan fingerprint density at radius 3 is 2.55 bits per heavy atom. The SMILES string of the molecule is Cc1ccc(OC2CCN(CCc3nccn3C)CC2)cc1. The van der Waals surface area contributed by atoms with Crippen molar-refractivity contribution in [1.82, 2.24) is 14.5 Å². The maximum Gasteiger partial charge on any atom is 0.119 e. The second kappa shape index (κ2) is 6.97. The third-order valence-electron chi connectivity index (χ3n) is 4.43. The first-order valence-electron chi connectivity index (χ1n) is 8.12. The highest BCUT2D eigenvalue weighted by Crippen LogP contribution is 2.19. The molecule has 0 amide bonds. The van der Waals surface area contributed by atoms with Crippen LogP contribution in [0.5, 0.6) is 5.75 Å². The van der Waals surface area contributed by atoms with E-state index < -0.39 is 0 Å². The fraction of sp³-hybridized carbons (Fsp3) is 0.500. The number of imidazole rings is 1. The third-order valence-corrected chi connectivity index (χ3v) is 4.43. The van der Waals surface area contributed by atoms with Gasteiger partial charge in [-0.15, -0.1) is 0 Å². The molecule has 0 saturated carbocycles. The number of aryl methyl sites for hydroxylation is 2. The molecule has 1 aromatic heterocycles. The van der Waals surface area contributed by atoms with Crippen molar-refractivity contribution in [1.29, 1.82) is 0 Å². The summed E-state index contributed by atoms with van der Waals surface area (Å²) >= 11 is 0. The molecule has 1 aromatic carbocycles. The first kappa shape index (κ1) is 15.1. The molecular weight excluding hydrogens is 274 g/mol. The van der Waals surface area contributed by atoms with Crippen molar-refractivity contribution in [3.8, 4) is 5.75 Å². The summed E-state index contributed by atoms with van der Waals surface area (Å²) in [6.07, 6.45) is 7.47. The summed E-state index contributed by atoms with van der Waals surface area (Å²) in [6.45, 7) is 5.41. The molecule has 4 heteroatoms. The van der Waals surface area contributed by atoms with E-state index >= 15 is 0 Å². The van der Waals surface area contributed by atoms with Gasteiger partial charge < -0.3 is 14.2 Å². The maximum absolute atomic E-state index is 6.08. The molecule has 22 heavy (non-hydrogen) atoms. The number of rotatable bonds is 5. The average Bonchev–Trinajstić information content (AvgIpc) is 2.94. The molecule has 0 atom stereocenters. The van der Waals surface area contributed by atoms with E-state index in [1.807, 2.05) is 12.4 Å². The first-order valence-corrected chi connectivity index (χ1v) is 8.12. The Kier molecular flexibility index (Phi) is 4.78. The van der Waals surface area contributed by atoms with Crippen LogP contribution in [0, 0.1) is 6.92 Å². The quantitative estimate of drug-likeness (QED) is 0.850. The number of benzene rings is 1. The van der Waals surface area contributed by atoms with E-state index in [-0.39, 0.29) is 0 Å². The van der Waals surface area contributed by atoms with Gasteiger partial charge in [-0.3, -0.25) is 0 Å². The number of nitrogens with zero attached hydrogens (tertiary/aromatic N) is 3. The van der Waals surface area contributed by atoms with Gasteiger partial charge in [-0.05, 0) is 31.9 Å². The van der Waals surface area contributed by atoms with Crippen molar-refractivity contribution in [2.45, 2.75) is 32.3 Å². The van der Waals surface area contributed by atoms with E-state index in [4.69, 9.17) is 4.74 Å². The lowest BCUT2D eigenvalue weighted by molar-refractivity contribution is 0.101. The highest BCUT2D eigenvalue weighted by Gasteiger charge is 2.20. The Balaban J connectivity index is 1.42. The third kappa shape index (κ3) is 3.89. The van der Waals surface area contributed by atoms with Gasteiger partial charge in [0.2, 0.25) is 0 Å². The number of likely N-dealkylation sites (tertiary alicyclic amines) is 1. The van der Waals surface area contributed by atoms with Gasteiger partial charge in [0.1, 0.15) is 17.7 Å². The molecule has 0 bridgehead atoms. The Hall–Kier alpha value is -1.81. The predicted molar refractivity (Wildman–Crippen MR) is 88.2 cm³/mol. The molecule has 0 unspecified atom stereocenters. The molecule has 0 spiro atoms. The first-order chi connectivity index (χ1) is 10.7. The van der Waals surface area contributed by atoms with Crippen LogP contribution >= 0.6 is 0 Å². The van der Waals surface area contributed by atoms with Crippen molar-refractivity contribution in [2.75, 3.05) is 19.6 Å². The van der Waals surface area contributed by atoms with Crippen molar-refractivity contribution in [3.63, 3.8) is 0 Å². The predicted octanol–water partition coefficient (Wildman–Crippen LogP) is 2.81. The second-order valence-electron chi connectivity index (χ2n) is 6.18. The van der Waals surface area contributed by atoms with Gasteiger partial charge >= 0.3 is 0 Å². The molecule has 0 radical (unpaired) electrons. The van der Waals surface area contributed by atoms with Gasteiger partial charge in [0.05, 0.1) is 0 Å². The van der Waals surface area contributed by atoms with Crippen molar-refractivity contribution in [2.24, 2.45) is 7.05 Å². The average molecular weight is 299 g/mol. The minimum absolute atomic E-state index is 0.354. The van der Waals surface area contributed by atoms with E-state index in [2.05, 4.69) is 52.7 Å². The van der Waals surface area contributed by atoms with Crippen LogP contribution in [0.3, 0.4) is 0 Å². The molecule has 2 heterocycles. The zero-order chi connectivity index (χ0) is 15.4. The summed E-state index contributed by atoms with van der Waals surface area (Å²) in [5.41, 5.74) is 1.27. The molecule has 1 aliphatic rings. The van der Waals surface area contributed by atoms with E-state index in [0.717, 1.165) is 50.5 Å². The van der Waals surface area contributed by atoms with Gasteiger partial charge in [0.25, 0.3) is 0 Å². The Labute approximate surface area is 132 Å². The molecule has 0 N–H and O–H groups in total. The molecule has 118 valence electrons. The highest BCUT2D eigenvalue weighted by molar-refractivity contribution is 5.26. The fourth-order valence-electron chi connectivity index (χ4n) is 2.96. The van der Waals surface area contributed by atoms with Gasteiger partial charge in [-0.1, -0.05) is 17.7 Å². The number of piperidine rings is 1. The monoisotopic (exact) mass is 299 g/mol. The van der Waals surface area contributed by atoms with Crippen LogP contribution < -0.4 is 4.74 Å². The number of hydrogen-bond acceptors (Lipinski definition) is 3. The number of hydrogen-bond donors (Lipinski definition) is 0. The van der Waals surface area contributed by atoms with E-state index in [1.165, 1.54) is 5.56 Å². The van der Waals surface area contributed by atoms with Crippen molar-refractivity contribution >= 4 is 0 Å². The van der Waals surface area contributed by atoms with Gasteiger partial charge in [0.15, 0.2) is 0 Å². The summed E-state index contributed by atoms with van der Waals surface area (Å²) < 4.78 is 8.19. The Bertz CT molecular complexity index is 583. The van der Waals surface area contributed by atoms with Gasteiger partial charge in [-0.2, -0.15) is 0 Å². The minimum atomic E-state index is 0.354. The molecule has 1 saturated heterocycles. The number of aromatic nitrogens is 2. The minimum Gasteiger partial charge on any atom is -0.490 e. The van der Waals surface area contributed by atoms with Crippen LogP contribution in [0.1, 0.15) is 24.2 Å². The van der Waals surface area contributed by atoms with Gasteiger partial charge in [0, 0.05) is 45.5 Å². The number of ether oxygens (including phenoxy) is 1. The lowest BCUT2D eigenvalue weighted by Crippen LogP contribution is -2.39. The van der Waals surface area contributed by atoms with E-state index in [0.29, 0.717) is 6.10 Å². The summed E-state index contributed by atoms with van der Waals surface area (Å²) in [4.78, 5) is 6.91. The zero-order valence-corrected chi connectivity index (χ0v) is 13.5. The lowest BCUT2D eigenvalue weighted by Gasteiger charge is -2.32. The summed E-state index contributed by atoms with van der Waals surface area (Å²) in [5.74, 6) is 2.16. The Morgan fingerprint density at radius 2 is 1.91 bits per heavy atom. The largest absolute Gasteiger partial charge is 0.490 e. The Morgan fingerprint density at radius 1 is 1.18 bits per heavy atom. The lowest BCUT2D eigenvalue weighted by atomic mass is 10.1. The molecular formula is C18H25N3O. The normalized spacial score (nSPS) is 16.8. The fourth-order valence-corrected chi connectivity index (χ4v) is 2.96. The molecule has 0 aliphatic carbocycles. The summed E-state index contributed by atoms with van der Waals surface area (Å²) in [7, 11) is 2.06. The second-order valence-corrected chi connectivity index (χ2v) is 6.18. The van der Waals surface area contributed by atoms with E-state index in [9.17, 15) is 0 Å². The molecule has 2 aromatic rings. The van der Waals surface area contributed by atoms with Crippen LogP contribution in [-0.4, -0.2) is 40.2 Å². The maximum atomic E-state index is 6.08. The zero-order valence-electron chi connectivity index (χ0n) is 13.5. The van der Waals surface area contributed by atoms with Crippen molar-refractivity contribution in [3.05, 3.63) is 48.0 Å². The molecule has 1 fully saturated rings. The molecule has 4 nitrogen and oxygen atoms in total. The smallest absolute Gasteiger partial charge is 0.119 e. The standard InChI is InChI=1S/C18H25N3O/c1-15-3-5-16(6-4-15)22-17-7-11-21(12-8-17)13-9-18-19-10-14-20(18)2/h3-6,10,14,17H,7-9,11-13H2,1-2H3. The summed E-state index contributed by atoms with van der Waals surface area (Å²) in [5, 5.41) is 0. The van der Waals surface area contributed by atoms with Gasteiger partial charge in [-0.25, -0.2) is 4.98 Å². The van der Waals surface area contributed by atoms with Crippen LogP contribution in [0.15, 0.2) is 36.7 Å². The molecule has 3 rings (SSSR count). The summed E-state index contributed by atoms with van der Waals surface area (Å²) in [6, 6.07) is 8.36. The topological polar surface area (TPSA) is 30.3 Å². The van der Waals surface area contributed by atoms with Crippen LogP contribution in [0.2, 0.25) is 0 Å². The van der Waals surface area contributed by atoms with Crippen LogP contribution in [-0.2, 0) is 13.5 Å².